The van der Waals surface area contributed by atoms with Crippen LogP contribution in [0.3, 0.4) is 0 Å². The van der Waals surface area contributed by atoms with Crippen LogP contribution in [-0.4, -0.2) is 42.4 Å². The summed E-state index contributed by atoms with van der Waals surface area (Å²) < 4.78 is 27.0. The van der Waals surface area contributed by atoms with Gasteiger partial charge in [0.05, 0.1) is 6.54 Å². The van der Waals surface area contributed by atoms with Crippen molar-refractivity contribution in [3.63, 3.8) is 0 Å². The van der Waals surface area contributed by atoms with Gasteiger partial charge in [-0.15, -0.1) is 24.0 Å². The summed E-state index contributed by atoms with van der Waals surface area (Å²) in [4.78, 5) is 18.3. The molecule has 27 heavy (non-hydrogen) atoms. The molecule has 2 N–H and O–H groups in total. The molecule has 2 rings (SSSR count). The van der Waals surface area contributed by atoms with E-state index < -0.39 is 11.6 Å². The summed E-state index contributed by atoms with van der Waals surface area (Å²) >= 11 is 0. The second-order valence-corrected chi connectivity index (χ2v) is 6.83. The number of nitrogens with zero attached hydrogens (tertiary/aromatic N) is 2. The van der Waals surface area contributed by atoms with Gasteiger partial charge in [-0.05, 0) is 38.0 Å². The van der Waals surface area contributed by atoms with Gasteiger partial charge in [-0.3, -0.25) is 4.79 Å². The van der Waals surface area contributed by atoms with Gasteiger partial charge in [0.15, 0.2) is 5.96 Å². The highest BCUT2D eigenvalue weighted by Crippen LogP contribution is 2.14. The first-order valence-electron chi connectivity index (χ1n) is 9.18. The van der Waals surface area contributed by atoms with E-state index in [-0.39, 0.29) is 54.0 Å². The largest absolute Gasteiger partial charge is 0.357 e. The van der Waals surface area contributed by atoms with Crippen LogP contribution in [-0.2, 0) is 11.3 Å². The van der Waals surface area contributed by atoms with Crippen LogP contribution in [0.2, 0.25) is 0 Å². The Morgan fingerprint density at radius 1 is 1.30 bits per heavy atom. The highest BCUT2D eigenvalue weighted by molar-refractivity contribution is 14.0. The predicted octanol–water partition coefficient (Wildman–Crippen LogP) is 3.28. The van der Waals surface area contributed by atoms with E-state index in [9.17, 15) is 13.6 Å². The lowest BCUT2D eigenvalue weighted by molar-refractivity contribution is -0.135. The number of piperidine rings is 1. The molecule has 152 valence electrons. The second kappa shape index (κ2) is 11.4. The molecule has 1 aliphatic heterocycles. The normalized spacial score (nSPS) is 15.5. The first kappa shape index (κ1) is 23.6. The summed E-state index contributed by atoms with van der Waals surface area (Å²) in [5, 5.41) is 6.46. The fourth-order valence-corrected chi connectivity index (χ4v) is 2.95. The molecule has 1 aliphatic rings. The molecule has 8 heteroatoms. The number of hydrogen-bond acceptors (Lipinski definition) is 2. The van der Waals surface area contributed by atoms with Gasteiger partial charge in [0.1, 0.15) is 11.6 Å². The first-order valence-corrected chi connectivity index (χ1v) is 9.18. The van der Waals surface area contributed by atoms with Crippen LogP contribution in [0.1, 0.15) is 39.2 Å². The first-order chi connectivity index (χ1) is 12.4. The number of halogens is 3. The maximum absolute atomic E-state index is 13.7. The smallest absolute Gasteiger partial charge is 0.225 e. The molecule has 0 aliphatic carbocycles. The zero-order valence-electron chi connectivity index (χ0n) is 16.1. The van der Waals surface area contributed by atoms with Crippen molar-refractivity contribution < 1.29 is 13.6 Å². The maximum atomic E-state index is 13.7. The van der Waals surface area contributed by atoms with E-state index in [1.54, 1.807) is 0 Å². The Morgan fingerprint density at radius 2 is 1.96 bits per heavy atom. The summed E-state index contributed by atoms with van der Waals surface area (Å²) in [6, 6.07) is 3.57. The van der Waals surface area contributed by atoms with Gasteiger partial charge in [0.25, 0.3) is 0 Å². The number of amides is 1. The van der Waals surface area contributed by atoms with Gasteiger partial charge < -0.3 is 15.5 Å². The minimum absolute atomic E-state index is 0. The molecule has 0 radical (unpaired) electrons. The number of rotatable bonds is 5. The monoisotopic (exact) mass is 494 g/mol. The minimum Gasteiger partial charge on any atom is -0.357 e. The van der Waals surface area contributed by atoms with Gasteiger partial charge in [0, 0.05) is 37.2 Å². The lowest BCUT2D eigenvalue weighted by Crippen LogP contribution is -2.50. The third-order valence-corrected chi connectivity index (χ3v) is 4.40. The van der Waals surface area contributed by atoms with E-state index in [1.807, 2.05) is 25.7 Å². The Bertz CT molecular complexity index is 647. The molecule has 1 aromatic rings. The van der Waals surface area contributed by atoms with Crippen LogP contribution in [0.15, 0.2) is 23.2 Å². The van der Waals surface area contributed by atoms with Crippen molar-refractivity contribution >= 4 is 35.8 Å². The lowest BCUT2D eigenvalue weighted by Gasteiger charge is -2.34. The van der Waals surface area contributed by atoms with Crippen molar-refractivity contribution in [2.24, 2.45) is 10.9 Å². The van der Waals surface area contributed by atoms with Crippen molar-refractivity contribution in [1.82, 2.24) is 15.5 Å². The number of hydrogen-bond donors (Lipinski definition) is 2. The highest BCUT2D eigenvalue weighted by atomic mass is 127. The van der Waals surface area contributed by atoms with E-state index in [1.165, 1.54) is 6.07 Å². The number of nitrogens with one attached hydrogen (secondary N) is 2. The average Bonchev–Trinajstić information content (AvgIpc) is 2.62. The summed E-state index contributed by atoms with van der Waals surface area (Å²) in [5.74, 6) is -0.168. The van der Waals surface area contributed by atoms with Crippen LogP contribution >= 0.6 is 24.0 Å². The van der Waals surface area contributed by atoms with Gasteiger partial charge in [-0.2, -0.15) is 0 Å². The molecular formula is C19H29F2IN4O. The molecule has 0 aromatic heterocycles. The fraction of sp³-hybridized carbons (Fsp3) is 0.579. The van der Waals surface area contributed by atoms with Gasteiger partial charge in [0.2, 0.25) is 5.91 Å². The number of guanidine groups is 1. The number of carbonyl (C=O) groups excluding carboxylic acids is 1. The quantitative estimate of drug-likeness (QED) is 0.376. The van der Waals surface area contributed by atoms with Crippen LogP contribution < -0.4 is 10.6 Å². The van der Waals surface area contributed by atoms with Crippen molar-refractivity contribution in [2.75, 3.05) is 19.6 Å². The lowest BCUT2D eigenvalue weighted by atomic mass is 10.0. The van der Waals surface area contributed by atoms with Crippen LogP contribution in [0.5, 0.6) is 0 Å². The SMILES string of the molecule is CCNC(=NCc1cc(F)ccc1F)NC1CCN(C(=O)C(C)C)CC1.I. The van der Waals surface area contributed by atoms with Crippen LogP contribution in [0, 0.1) is 17.6 Å². The van der Waals surface area contributed by atoms with Gasteiger partial charge >= 0.3 is 0 Å². The molecular weight excluding hydrogens is 465 g/mol. The fourth-order valence-electron chi connectivity index (χ4n) is 2.95. The maximum Gasteiger partial charge on any atom is 0.225 e. The molecule has 5 nitrogen and oxygen atoms in total. The van der Waals surface area contributed by atoms with Crippen LogP contribution in [0.25, 0.3) is 0 Å². The van der Waals surface area contributed by atoms with E-state index in [0.29, 0.717) is 25.6 Å². The van der Waals surface area contributed by atoms with Crippen molar-refractivity contribution in [2.45, 2.75) is 46.2 Å². The third kappa shape index (κ3) is 7.23. The minimum atomic E-state index is -0.475. The summed E-state index contributed by atoms with van der Waals surface area (Å²) in [5.41, 5.74) is 0.222. The average molecular weight is 494 g/mol. The topological polar surface area (TPSA) is 56.7 Å². The zero-order valence-corrected chi connectivity index (χ0v) is 18.4. The Balaban J connectivity index is 0.00000364. The molecule has 1 amide bonds. The highest BCUT2D eigenvalue weighted by Gasteiger charge is 2.24. The van der Waals surface area contributed by atoms with Crippen molar-refractivity contribution in [3.8, 4) is 0 Å². The Morgan fingerprint density at radius 3 is 2.56 bits per heavy atom. The summed E-state index contributed by atoms with van der Waals surface area (Å²) in [6.45, 7) is 7.93. The molecule has 0 unspecified atom stereocenters. The Hall–Kier alpha value is -1.45. The zero-order chi connectivity index (χ0) is 19.1. The van der Waals surface area contributed by atoms with Crippen molar-refractivity contribution in [3.05, 3.63) is 35.4 Å². The van der Waals surface area contributed by atoms with E-state index >= 15 is 0 Å². The number of aliphatic imine (C=N–C) groups is 1. The molecule has 1 heterocycles. The Labute approximate surface area is 177 Å². The van der Waals surface area contributed by atoms with E-state index in [0.717, 1.165) is 25.0 Å². The van der Waals surface area contributed by atoms with Crippen LogP contribution in [0.4, 0.5) is 8.78 Å². The molecule has 0 atom stereocenters. The standard InChI is InChI=1S/C19H28F2N4O.HI/c1-4-22-19(23-12-14-11-15(20)5-6-17(14)21)24-16-7-9-25(10-8-16)18(26)13(2)3;/h5-6,11,13,16H,4,7-10,12H2,1-3H3,(H2,22,23,24);1H. The van der Waals surface area contributed by atoms with E-state index in [2.05, 4.69) is 15.6 Å². The summed E-state index contributed by atoms with van der Waals surface area (Å²) in [6.07, 6.45) is 1.66. The molecule has 0 bridgehead atoms. The molecule has 0 spiro atoms. The second-order valence-electron chi connectivity index (χ2n) is 6.83. The molecule has 1 saturated heterocycles. The third-order valence-electron chi connectivity index (χ3n) is 4.40. The predicted molar refractivity (Wildman–Crippen MR) is 114 cm³/mol. The van der Waals surface area contributed by atoms with Gasteiger partial charge in [-0.25, -0.2) is 13.8 Å². The molecule has 0 saturated carbocycles. The van der Waals surface area contributed by atoms with Gasteiger partial charge in [-0.1, -0.05) is 13.8 Å². The number of likely N-dealkylation sites (tertiary alicyclic amines) is 1. The number of carbonyl (C=O) groups is 1. The van der Waals surface area contributed by atoms with E-state index in [4.69, 9.17) is 0 Å². The Kier molecular flexibility index (Phi) is 9.97. The molecule has 1 aromatic carbocycles. The van der Waals surface area contributed by atoms with Crippen molar-refractivity contribution in [1.29, 1.82) is 0 Å². The summed E-state index contributed by atoms with van der Waals surface area (Å²) in [7, 11) is 0. The molecule has 1 fully saturated rings. The number of benzene rings is 1.